The van der Waals surface area contributed by atoms with Crippen molar-refractivity contribution in [1.82, 2.24) is 9.55 Å². The van der Waals surface area contributed by atoms with E-state index in [0.29, 0.717) is 0 Å². The quantitative estimate of drug-likeness (QED) is 0.522. The first kappa shape index (κ1) is 11.1. The molecule has 0 bridgehead atoms. The van der Waals surface area contributed by atoms with Crippen molar-refractivity contribution in [3.8, 4) is 0 Å². The van der Waals surface area contributed by atoms with E-state index in [1.54, 1.807) is 6.33 Å². The molecule has 0 amide bonds. The average Bonchev–Trinajstić information content (AvgIpc) is 1.87. The molecule has 0 spiro atoms. The van der Waals surface area contributed by atoms with Crippen molar-refractivity contribution in [2.24, 2.45) is 7.05 Å². The standard InChI is InChI=1S/C5H8N2.2CH4/c1-5-3-7(2)4-6-5;;/h3-4H,1-2H3;2*1H4. The molecular formula is C7H16N2. The van der Waals surface area contributed by atoms with Crippen LogP contribution in [0.3, 0.4) is 0 Å². The van der Waals surface area contributed by atoms with Gasteiger partial charge in [0.05, 0.1) is 12.0 Å². The van der Waals surface area contributed by atoms with Crippen LogP contribution in [0.5, 0.6) is 0 Å². The molecule has 0 N–H and O–H groups in total. The third kappa shape index (κ3) is 2.90. The Labute approximate surface area is 57.5 Å². The van der Waals surface area contributed by atoms with E-state index < -0.39 is 0 Å². The fourth-order valence-corrected chi connectivity index (χ4v) is 0.544. The van der Waals surface area contributed by atoms with E-state index in [0.717, 1.165) is 5.69 Å². The van der Waals surface area contributed by atoms with Gasteiger partial charge in [0.1, 0.15) is 0 Å². The van der Waals surface area contributed by atoms with Gasteiger partial charge in [-0.2, -0.15) is 0 Å². The summed E-state index contributed by atoms with van der Waals surface area (Å²) in [7, 11) is 1.96. The Morgan fingerprint density at radius 3 is 2.11 bits per heavy atom. The first-order chi connectivity index (χ1) is 3.29. The van der Waals surface area contributed by atoms with Crippen LogP contribution >= 0.6 is 0 Å². The molecule has 1 rings (SSSR count). The maximum atomic E-state index is 3.98. The number of hydrogen-bond donors (Lipinski definition) is 0. The van der Waals surface area contributed by atoms with Gasteiger partial charge in [0.2, 0.25) is 0 Å². The molecule has 0 aliphatic carbocycles. The normalized spacial score (nSPS) is 7.33. The first-order valence-corrected chi connectivity index (χ1v) is 2.23. The van der Waals surface area contributed by atoms with E-state index in [4.69, 9.17) is 0 Å². The molecule has 0 aliphatic rings. The minimum Gasteiger partial charge on any atom is -0.340 e. The van der Waals surface area contributed by atoms with Crippen molar-refractivity contribution in [3.63, 3.8) is 0 Å². The predicted molar refractivity (Wildman–Crippen MR) is 41.4 cm³/mol. The summed E-state index contributed by atoms with van der Waals surface area (Å²) in [6, 6.07) is 0. The highest BCUT2D eigenvalue weighted by Crippen LogP contribution is 1.86. The average molecular weight is 128 g/mol. The van der Waals surface area contributed by atoms with Gasteiger partial charge < -0.3 is 4.57 Å². The Kier molecular flexibility index (Phi) is 5.07. The smallest absolute Gasteiger partial charge is 0.0946 e. The molecule has 9 heavy (non-hydrogen) atoms. The number of aromatic nitrogens is 2. The molecule has 0 unspecified atom stereocenters. The van der Waals surface area contributed by atoms with Gasteiger partial charge in [0.25, 0.3) is 0 Å². The van der Waals surface area contributed by atoms with Crippen molar-refractivity contribution in [2.75, 3.05) is 0 Å². The van der Waals surface area contributed by atoms with Crippen LogP contribution in [0.2, 0.25) is 0 Å². The van der Waals surface area contributed by atoms with Crippen LogP contribution in [0.4, 0.5) is 0 Å². The van der Waals surface area contributed by atoms with E-state index in [2.05, 4.69) is 4.98 Å². The number of nitrogens with zero attached hydrogens (tertiary/aromatic N) is 2. The van der Waals surface area contributed by atoms with E-state index in [9.17, 15) is 0 Å². The van der Waals surface area contributed by atoms with Crippen LogP contribution in [0.1, 0.15) is 20.5 Å². The second-order valence-electron chi connectivity index (χ2n) is 1.68. The number of aryl methyl sites for hydroxylation is 2. The SMILES string of the molecule is C.C.Cc1cn(C)cn1. The van der Waals surface area contributed by atoms with E-state index >= 15 is 0 Å². The van der Waals surface area contributed by atoms with E-state index in [-0.39, 0.29) is 14.9 Å². The molecule has 1 heterocycles. The van der Waals surface area contributed by atoms with Crippen LogP contribution in [0.25, 0.3) is 0 Å². The topological polar surface area (TPSA) is 17.8 Å². The Morgan fingerprint density at radius 1 is 1.44 bits per heavy atom. The second kappa shape index (κ2) is 4.13. The molecule has 2 heteroatoms. The molecule has 54 valence electrons. The Bertz CT molecular complexity index is 139. The third-order valence-electron chi connectivity index (χ3n) is 0.834. The first-order valence-electron chi connectivity index (χ1n) is 2.23. The second-order valence-corrected chi connectivity index (χ2v) is 1.68. The number of rotatable bonds is 0. The molecule has 1 aromatic rings. The lowest BCUT2D eigenvalue weighted by molar-refractivity contribution is 0.913. The highest BCUT2D eigenvalue weighted by molar-refractivity contribution is 4.90. The minimum atomic E-state index is 0. The maximum absolute atomic E-state index is 3.98. The Morgan fingerprint density at radius 2 is 2.00 bits per heavy atom. The van der Waals surface area contributed by atoms with E-state index in [1.165, 1.54) is 0 Å². The third-order valence-corrected chi connectivity index (χ3v) is 0.834. The summed E-state index contributed by atoms with van der Waals surface area (Å²) in [6.07, 6.45) is 3.76. The van der Waals surface area contributed by atoms with Crippen LogP contribution in [-0.4, -0.2) is 9.55 Å². The van der Waals surface area contributed by atoms with Gasteiger partial charge in [0, 0.05) is 13.2 Å². The van der Waals surface area contributed by atoms with Gasteiger partial charge in [-0.25, -0.2) is 4.98 Å². The minimum absolute atomic E-state index is 0. The van der Waals surface area contributed by atoms with Crippen molar-refractivity contribution < 1.29 is 0 Å². The fourth-order valence-electron chi connectivity index (χ4n) is 0.544. The van der Waals surface area contributed by atoms with E-state index in [1.807, 2.05) is 24.7 Å². The van der Waals surface area contributed by atoms with Gasteiger partial charge in [-0.1, -0.05) is 14.9 Å². The molecule has 2 nitrogen and oxygen atoms in total. The molecule has 0 saturated carbocycles. The van der Waals surface area contributed by atoms with Gasteiger partial charge in [-0.05, 0) is 6.92 Å². The summed E-state index contributed by atoms with van der Waals surface area (Å²) in [6.45, 7) is 1.97. The molecule has 0 radical (unpaired) electrons. The van der Waals surface area contributed by atoms with Crippen molar-refractivity contribution in [1.29, 1.82) is 0 Å². The highest BCUT2D eigenvalue weighted by Gasteiger charge is 1.81. The zero-order valence-electron chi connectivity index (χ0n) is 4.55. The zero-order valence-corrected chi connectivity index (χ0v) is 4.55. The fraction of sp³-hybridized carbons (Fsp3) is 0.571. The maximum Gasteiger partial charge on any atom is 0.0946 e. The van der Waals surface area contributed by atoms with Crippen molar-refractivity contribution in [3.05, 3.63) is 18.2 Å². The van der Waals surface area contributed by atoms with Crippen LogP contribution < -0.4 is 0 Å². The molecule has 0 atom stereocenters. The lowest BCUT2D eigenvalue weighted by Crippen LogP contribution is -1.76. The highest BCUT2D eigenvalue weighted by atomic mass is 15.0. The van der Waals surface area contributed by atoms with Gasteiger partial charge >= 0.3 is 0 Å². The lowest BCUT2D eigenvalue weighted by Gasteiger charge is -1.78. The van der Waals surface area contributed by atoms with Crippen LogP contribution in [0.15, 0.2) is 12.5 Å². The Balaban J connectivity index is 0. The lowest BCUT2D eigenvalue weighted by atomic mass is 10.6. The van der Waals surface area contributed by atoms with Gasteiger partial charge in [-0.15, -0.1) is 0 Å². The van der Waals surface area contributed by atoms with Crippen molar-refractivity contribution in [2.45, 2.75) is 21.8 Å². The zero-order chi connectivity index (χ0) is 5.28. The summed E-state index contributed by atoms with van der Waals surface area (Å²) < 4.78 is 1.93. The molecule has 0 fully saturated rings. The molecular weight excluding hydrogens is 112 g/mol. The molecule has 1 aromatic heterocycles. The Hall–Kier alpha value is -0.790. The molecule has 0 aromatic carbocycles. The summed E-state index contributed by atoms with van der Waals surface area (Å²) in [5, 5.41) is 0. The summed E-state index contributed by atoms with van der Waals surface area (Å²) in [4.78, 5) is 3.98. The molecule has 0 saturated heterocycles. The summed E-state index contributed by atoms with van der Waals surface area (Å²) in [5.41, 5.74) is 1.07. The monoisotopic (exact) mass is 128 g/mol. The van der Waals surface area contributed by atoms with Gasteiger partial charge in [0.15, 0.2) is 0 Å². The summed E-state index contributed by atoms with van der Waals surface area (Å²) in [5.74, 6) is 0. The van der Waals surface area contributed by atoms with Crippen LogP contribution in [0, 0.1) is 6.92 Å². The van der Waals surface area contributed by atoms with Gasteiger partial charge in [-0.3, -0.25) is 0 Å². The summed E-state index contributed by atoms with van der Waals surface area (Å²) >= 11 is 0. The number of imidazole rings is 1. The van der Waals surface area contributed by atoms with Crippen LogP contribution in [-0.2, 0) is 7.05 Å². The largest absolute Gasteiger partial charge is 0.340 e. The molecule has 0 aliphatic heterocycles. The number of hydrogen-bond acceptors (Lipinski definition) is 1. The predicted octanol–water partition coefficient (Wildman–Crippen LogP) is 2.00. The van der Waals surface area contributed by atoms with Crippen molar-refractivity contribution >= 4 is 0 Å².